The van der Waals surface area contributed by atoms with Gasteiger partial charge >= 0.3 is 0 Å². The number of nitrogens with zero attached hydrogens (tertiary/aromatic N) is 2. The second kappa shape index (κ2) is 9.41. The van der Waals surface area contributed by atoms with Gasteiger partial charge in [-0.25, -0.2) is 9.97 Å². The molecular weight excluding hydrogens is 408 g/mol. The van der Waals surface area contributed by atoms with E-state index in [1.54, 1.807) is 6.26 Å². The molecule has 2 aromatic carbocycles. The van der Waals surface area contributed by atoms with Crippen LogP contribution in [0, 0.1) is 0 Å². The molecule has 0 aliphatic carbocycles. The lowest BCUT2D eigenvalue weighted by Crippen LogP contribution is -2.18. The molecular formula is C22H19ClN2O3S. The number of fused-ring (bicyclic) bond motifs is 1. The fourth-order valence-electron chi connectivity index (χ4n) is 2.79. The summed E-state index contributed by atoms with van der Waals surface area (Å²) in [7, 11) is 0. The molecule has 5 nitrogen and oxygen atoms in total. The van der Waals surface area contributed by atoms with Crippen LogP contribution in [0.5, 0.6) is 0 Å². The number of aliphatic hydroxyl groups excluding tert-OH is 1. The van der Waals surface area contributed by atoms with Gasteiger partial charge in [0.2, 0.25) is 0 Å². The van der Waals surface area contributed by atoms with Crippen molar-refractivity contribution in [2.45, 2.75) is 17.7 Å². The summed E-state index contributed by atoms with van der Waals surface area (Å²) in [6, 6.07) is 18.9. The molecule has 0 saturated carbocycles. The van der Waals surface area contributed by atoms with Crippen molar-refractivity contribution in [3.05, 3.63) is 77.5 Å². The van der Waals surface area contributed by atoms with E-state index in [0.717, 1.165) is 21.5 Å². The number of thioether (sulfide) groups is 1. The molecule has 0 spiro atoms. The van der Waals surface area contributed by atoms with E-state index in [1.807, 2.05) is 60.7 Å². The highest BCUT2D eigenvalue weighted by atomic mass is 35.5. The van der Waals surface area contributed by atoms with Crippen LogP contribution in [-0.2, 0) is 11.3 Å². The van der Waals surface area contributed by atoms with E-state index in [2.05, 4.69) is 9.97 Å². The van der Waals surface area contributed by atoms with Crippen LogP contribution in [0.25, 0.3) is 22.5 Å². The molecule has 4 rings (SSSR count). The van der Waals surface area contributed by atoms with Crippen LogP contribution >= 0.6 is 23.4 Å². The number of aromatic nitrogens is 2. The number of rotatable bonds is 8. The number of ether oxygens (including phenoxy) is 1. The highest BCUT2D eigenvalue weighted by molar-refractivity contribution is 7.99. The second-order valence-electron chi connectivity index (χ2n) is 6.45. The Morgan fingerprint density at radius 2 is 1.86 bits per heavy atom. The zero-order valence-electron chi connectivity index (χ0n) is 15.5. The van der Waals surface area contributed by atoms with Crippen molar-refractivity contribution in [1.82, 2.24) is 9.97 Å². The summed E-state index contributed by atoms with van der Waals surface area (Å²) in [5.74, 6) is 1.60. The zero-order chi connectivity index (χ0) is 20.1. The van der Waals surface area contributed by atoms with Gasteiger partial charge in [-0.05, 0) is 35.9 Å². The van der Waals surface area contributed by atoms with Gasteiger partial charge in [-0.1, -0.05) is 41.9 Å². The van der Waals surface area contributed by atoms with Crippen molar-refractivity contribution in [1.29, 1.82) is 0 Å². The molecule has 2 aromatic heterocycles. The Hall–Kier alpha value is -2.38. The quantitative estimate of drug-likeness (QED) is 0.308. The summed E-state index contributed by atoms with van der Waals surface area (Å²) in [4.78, 5) is 9.23. The number of para-hydroxylation sites is 1. The molecule has 7 heteroatoms. The molecule has 4 aromatic rings. The smallest absolute Gasteiger partial charge is 0.197 e. The maximum Gasteiger partial charge on any atom is 0.197 e. The molecule has 1 unspecified atom stereocenters. The van der Waals surface area contributed by atoms with Gasteiger partial charge in [0.25, 0.3) is 0 Å². The molecule has 29 heavy (non-hydrogen) atoms. The normalized spacial score (nSPS) is 12.3. The standard InChI is InChI=1S/C22H19ClN2O3S/c23-16-9-7-15(8-10-16)12-27-13-17(26)14-29-22-18-4-1-2-5-19(18)24-21(25-22)20-6-3-11-28-20/h1-11,17,26H,12-14H2. The first kappa shape index (κ1) is 19.9. The average Bonchev–Trinajstić information content (AvgIpc) is 3.28. The van der Waals surface area contributed by atoms with Crippen LogP contribution < -0.4 is 0 Å². The van der Waals surface area contributed by atoms with Gasteiger partial charge in [0.05, 0.1) is 31.1 Å². The van der Waals surface area contributed by atoms with Crippen molar-refractivity contribution in [3.63, 3.8) is 0 Å². The molecule has 0 amide bonds. The molecule has 2 heterocycles. The minimum absolute atomic E-state index is 0.240. The van der Waals surface area contributed by atoms with Gasteiger partial charge in [0, 0.05) is 16.2 Å². The third-order valence-electron chi connectivity index (χ3n) is 4.21. The lowest BCUT2D eigenvalue weighted by molar-refractivity contribution is 0.0398. The third-order valence-corrected chi connectivity index (χ3v) is 5.60. The molecule has 1 atom stereocenters. The first-order valence-corrected chi connectivity index (χ1v) is 10.5. The van der Waals surface area contributed by atoms with E-state index in [-0.39, 0.29) is 6.61 Å². The first-order chi connectivity index (χ1) is 14.2. The Balaban J connectivity index is 1.40. The summed E-state index contributed by atoms with van der Waals surface area (Å²) in [5, 5.41) is 12.8. The summed E-state index contributed by atoms with van der Waals surface area (Å²) in [6.45, 7) is 0.668. The Bertz CT molecular complexity index is 1070. The zero-order valence-corrected chi connectivity index (χ0v) is 17.1. The van der Waals surface area contributed by atoms with E-state index in [1.165, 1.54) is 11.8 Å². The predicted molar refractivity (Wildman–Crippen MR) is 115 cm³/mol. The van der Waals surface area contributed by atoms with Gasteiger partial charge < -0.3 is 14.3 Å². The first-order valence-electron chi connectivity index (χ1n) is 9.13. The van der Waals surface area contributed by atoms with Crippen LogP contribution in [0.1, 0.15) is 5.56 Å². The van der Waals surface area contributed by atoms with E-state index in [0.29, 0.717) is 29.0 Å². The number of furan rings is 1. The lowest BCUT2D eigenvalue weighted by atomic mass is 10.2. The lowest BCUT2D eigenvalue weighted by Gasteiger charge is -2.12. The van der Waals surface area contributed by atoms with Gasteiger partial charge in [-0.3, -0.25) is 0 Å². The fraction of sp³-hybridized carbons (Fsp3) is 0.182. The van der Waals surface area contributed by atoms with E-state index in [9.17, 15) is 5.11 Å². The number of hydrogen-bond acceptors (Lipinski definition) is 6. The molecule has 0 aliphatic rings. The monoisotopic (exact) mass is 426 g/mol. The van der Waals surface area contributed by atoms with E-state index >= 15 is 0 Å². The Morgan fingerprint density at radius 1 is 1.03 bits per heavy atom. The van der Waals surface area contributed by atoms with Crippen molar-refractivity contribution in [2.75, 3.05) is 12.4 Å². The van der Waals surface area contributed by atoms with Crippen LogP contribution in [-0.4, -0.2) is 33.5 Å². The van der Waals surface area contributed by atoms with Crippen LogP contribution in [0.2, 0.25) is 5.02 Å². The minimum atomic E-state index is -0.618. The summed E-state index contributed by atoms with van der Waals surface area (Å²) in [5.41, 5.74) is 1.85. The molecule has 1 N–H and O–H groups in total. The average molecular weight is 427 g/mol. The van der Waals surface area contributed by atoms with Gasteiger partial charge in [-0.2, -0.15) is 0 Å². The molecule has 0 saturated heterocycles. The fourth-order valence-corrected chi connectivity index (χ4v) is 3.84. The third kappa shape index (κ3) is 5.16. The van der Waals surface area contributed by atoms with E-state index < -0.39 is 6.10 Å². The Labute approximate surface area is 177 Å². The maximum absolute atomic E-state index is 10.3. The van der Waals surface area contributed by atoms with Crippen molar-refractivity contribution in [3.8, 4) is 11.6 Å². The molecule has 0 fully saturated rings. The number of hydrogen-bond donors (Lipinski definition) is 1. The molecule has 0 bridgehead atoms. The van der Waals surface area contributed by atoms with Crippen LogP contribution in [0.15, 0.2) is 76.4 Å². The highest BCUT2D eigenvalue weighted by Gasteiger charge is 2.13. The SMILES string of the molecule is OC(COCc1ccc(Cl)cc1)CSc1nc(-c2ccco2)nc2ccccc12. The summed E-state index contributed by atoms with van der Waals surface area (Å²) in [6.07, 6.45) is 0.982. The summed E-state index contributed by atoms with van der Waals surface area (Å²) < 4.78 is 11.1. The van der Waals surface area contributed by atoms with Crippen LogP contribution in [0.4, 0.5) is 0 Å². The molecule has 0 radical (unpaired) electrons. The Kier molecular flexibility index (Phi) is 6.46. The number of aliphatic hydroxyl groups is 1. The van der Waals surface area contributed by atoms with E-state index in [4.69, 9.17) is 20.8 Å². The van der Waals surface area contributed by atoms with Gasteiger partial charge in [0.1, 0.15) is 5.03 Å². The van der Waals surface area contributed by atoms with Crippen molar-refractivity contribution >= 4 is 34.3 Å². The minimum Gasteiger partial charge on any atom is -0.461 e. The van der Waals surface area contributed by atoms with Crippen molar-refractivity contribution < 1.29 is 14.3 Å². The molecule has 148 valence electrons. The summed E-state index contributed by atoms with van der Waals surface area (Å²) >= 11 is 7.36. The predicted octanol–water partition coefficient (Wildman–Crippen LogP) is 5.21. The second-order valence-corrected chi connectivity index (χ2v) is 7.90. The van der Waals surface area contributed by atoms with Gasteiger partial charge in [-0.15, -0.1) is 11.8 Å². The maximum atomic E-state index is 10.3. The van der Waals surface area contributed by atoms with Crippen LogP contribution in [0.3, 0.4) is 0 Å². The van der Waals surface area contributed by atoms with Gasteiger partial charge in [0.15, 0.2) is 11.6 Å². The topological polar surface area (TPSA) is 68.4 Å². The Morgan fingerprint density at radius 3 is 2.66 bits per heavy atom. The highest BCUT2D eigenvalue weighted by Crippen LogP contribution is 2.29. The molecule has 0 aliphatic heterocycles. The number of halogens is 1. The largest absolute Gasteiger partial charge is 0.461 e. The van der Waals surface area contributed by atoms with Crippen molar-refractivity contribution in [2.24, 2.45) is 0 Å². The number of benzene rings is 2.